The summed E-state index contributed by atoms with van der Waals surface area (Å²) in [4.78, 5) is 28.1. The van der Waals surface area contributed by atoms with E-state index in [-0.39, 0.29) is 11.5 Å². The number of allylic oxidation sites excluding steroid dienone is 1. The van der Waals surface area contributed by atoms with E-state index in [4.69, 9.17) is 21.1 Å². The number of rotatable bonds is 3. The second-order valence-corrected chi connectivity index (χ2v) is 6.03. The summed E-state index contributed by atoms with van der Waals surface area (Å²) in [6, 6.07) is 6.68. The normalized spacial score (nSPS) is 15.8. The second-order valence-electron chi connectivity index (χ2n) is 5.37. The van der Waals surface area contributed by atoms with Gasteiger partial charge in [0.2, 0.25) is 5.78 Å². The number of benzene rings is 1. The van der Waals surface area contributed by atoms with Crippen molar-refractivity contribution < 1.29 is 19.1 Å². The van der Waals surface area contributed by atoms with E-state index in [1.807, 2.05) is 0 Å². The number of ether oxygens (including phenoxy) is 2. The van der Waals surface area contributed by atoms with Crippen molar-refractivity contribution in [3.05, 3.63) is 59.1 Å². The first-order valence-corrected chi connectivity index (χ1v) is 7.74. The fraction of sp³-hybridized carbons (Fsp3) is 0.167. The van der Waals surface area contributed by atoms with Crippen molar-refractivity contribution in [3.8, 4) is 11.5 Å². The van der Waals surface area contributed by atoms with Crippen molar-refractivity contribution in [2.75, 3.05) is 0 Å². The predicted molar refractivity (Wildman–Crippen MR) is 89.3 cm³/mol. The first-order valence-electron chi connectivity index (χ1n) is 7.30. The number of aromatic nitrogens is 1. The Morgan fingerprint density at radius 1 is 1.33 bits per heavy atom. The molecule has 1 aromatic heterocycles. The summed E-state index contributed by atoms with van der Waals surface area (Å²) in [5.41, 5.74) is 1.94. The summed E-state index contributed by atoms with van der Waals surface area (Å²) in [6.45, 7) is 3.29. The van der Waals surface area contributed by atoms with Crippen LogP contribution in [0.4, 0.5) is 0 Å². The number of carbonyl (C=O) groups is 2. The first kappa shape index (κ1) is 16.2. The number of hydrogen-bond donors (Lipinski definition) is 0. The maximum absolute atomic E-state index is 12.5. The minimum atomic E-state index is -0.761. The van der Waals surface area contributed by atoms with Gasteiger partial charge < -0.3 is 9.47 Å². The fourth-order valence-electron chi connectivity index (χ4n) is 2.34. The fourth-order valence-corrected chi connectivity index (χ4v) is 2.39. The third-order valence-electron chi connectivity index (χ3n) is 3.49. The van der Waals surface area contributed by atoms with Crippen LogP contribution in [-0.2, 0) is 4.79 Å². The van der Waals surface area contributed by atoms with Crippen molar-refractivity contribution in [2.45, 2.75) is 19.2 Å². The van der Waals surface area contributed by atoms with E-state index in [2.05, 4.69) is 4.98 Å². The molecule has 0 saturated carbocycles. The van der Waals surface area contributed by atoms with Crippen molar-refractivity contribution >= 4 is 29.4 Å². The lowest BCUT2D eigenvalue weighted by atomic mass is 10.0. The van der Waals surface area contributed by atoms with Crippen molar-refractivity contribution in [3.63, 3.8) is 0 Å². The molecule has 3 rings (SSSR count). The summed E-state index contributed by atoms with van der Waals surface area (Å²) in [5, 5.41) is -0.761. The van der Waals surface area contributed by atoms with Crippen LogP contribution in [0.25, 0.3) is 6.08 Å². The molecule has 1 aliphatic heterocycles. The van der Waals surface area contributed by atoms with Crippen LogP contribution in [0.3, 0.4) is 0 Å². The molecule has 0 aliphatic carbocycles. The number of alkyl halides is 1. The molecule has 0 radical (unpaired) electrons. The van der Waals surface area contributed by atoms with Crippen molar-refractivity contribution in [1.29, 1.82) is 0 Å². The zero-order chi connectivity index (χ0) is 17.3. The van der Waals surface area contributed by atoms with Crippen molar-refractivity contribution in [1.82, 2.24) is 4.98 Å². The lowest BCUT2D eigenvalue weighted by Gasteiger charge is -2.08. The number of ketones is 1. The zero-order valence-corrected chi connectivity index (χ0v) is 13.8. The smallest absolute Gasteiger partial charge is 0.329 e. The van der Waals surface area contributed by atoms with Crippen LogP contribution >= 0.6 is 11.6 Å². The zero-order valence-electron chi connectivity index (χ0n) is 13.1. The topological polar surface area (TPSA) is 65.5 Å². The predicted octanol–water partition coefficient (Wildman–Crippen LogP) is 3.54. The number of esters is 1. The van der Waals surface area contributed by atoms with E-state index in [1.165, 1.54) is 13.0 Å². The van der Waals surface area contributed by atoms with Gasteiger partial charge in [0.25, 0.3) is 0 Å². The minimum absolute atomic E-state index is 0.206. The van der Waals surface area contributed by atoms with Crippen LogP contribution in [0, 0.1) is 6.92 Å². The second kappa shape index (κ2) is 6.45. The molecule has 1 unspecified atom stereocenters. The number of aryl methyl sites for hydroxylation is 1. The molecule has 0 saturated heterocycles. The largest absolute Gasteiger partial charge is 0.452 e. The Kier molecular flexibility index (Phi) is 4.36. The van der Waals surface area contributed by atoms with E-state index in [1.54, 1.807) is 43.6 Å². The number of hydrogen-bond acceptors (Lipinski definition) is 5. The van der Waals surface area contributed by atoms with Gasteiger partial charge in [0.1, 0.15) is 16.9 Å². The molecule has 0 N–H and O–H groups in total. The summed E-state index contributed by atoms with van der Waals surface area (Å²) in [7, 11) is 0. The molecule has 1 atom stereocenters. The van der Waals surface area contributed by atoms with Gasteiger partial charge in [-0.05, 0) is 49.2 Å². The molecular weight excluding hydrogens is 330 g/mol. The Morgan fingerprint density at radius 3 is 2.71 bits per heavy atom. The average molecular weight is 344 g/mol. The van der Waals surface area contributed by atoms with Gasteiger partial charge in [0.15, 0.2) is 5.76 Å². The highest BCUT2D eigenvalue weighted by Gasteiger charge is 2.30. The molecule has 0 fully saturated rings. The molecular formula is C18H14ClNO4. The number of Topliss-reactive ketones (excluding diaryl/α,β-unsaturated/α-hetero) is 1. The standard InChI is InChI=1S/C18H14ClNO4/c1-10-7-13(23-18(22)11(2)19)9-14-16(10)17(21)15(24-14)8-12-3-5-20-6-4-12/h3-9,11H,1-2H3/b15-8-. The quantitative estimate of drug-likeness (QED) is 0.369. The molecule has 1 aliphatic rings. The monoisotopic (exact) mass is 343 g/mol. The molecule has 6 heteroatoms. The van der Waals surface area contributed by atoms with Crippen LogP contribution in [0.15, 0.2) is 42.4 Å². The highest BCUT2D eigenvalue weighted by atomic mass is 35.5. The lowest BCUT2D eigenvalue weighted by Crippen LogP contribution is -2.17. The number of nitrogens with zero attached hydrogens (tertiary/aromatic N) is 1. The third-order valence-corrected chi connectivity index (χ3v) is 3.67. The van der Waals surface area contributed by atoms with Gasteiger partial charge in [0, 0.05) is 18.5 Å². The Hall–Kier alpha value is -2.66. The van der Waals surface area contributed by atoms with E-state index >= 15 is 0 Å². The molecule has 1 aromatic carbocycles. The van der Waals surface area contributed by atoms with Crippen LogP contribution < -0.4 is 9.47 Å². The van der Waals surface area contributed by atoms with E-state index in [0.29, 0.717) is 22.6 Å². The number of pyridine rings is 1. The Labute approximate surface area is 143 Å². The van der Waals surface area contributed by atoms with E-state index in [9.17, 15) is 9.59 Å². The molecule has 0 amide bonds. The van der Waals surface area contributed by atoms with E-state index in [0.717, 1.165) is 5.56 Å². The van der Waals surface area contributed by atoms with Gasteiger partial charge in [-0.2, -0.15) is 0 Å². The molecule has 0 bridgehead atoms. The summed E-state index contributed by atoms with van der Waals surface area (Å²) in [5.74, 6) is 0.108. The van der Waals surface area contributed by atoms with Gasteiger partial charge in [-0.15, -0.1) is 11.6 Å². The molecule has 122 valence electrons. The maximum atomic E-state index is 12.5. The lowest BCUT2D eigenvalue weighted by molar-refractivity contribution is -0.133. The van der Waals surface area contributed by atoms with Gasteiger partial charge >= 0.3 is 5.97 Å². The van der Waals surface area contributed by atoms with Crippen LogP contribution in [0.1, 0.15) is 28.4 Å². The van der Waals surface area contributed by atoms with Crippen LogP contribution in [0.5, 0.6) is 11.5 Å². The Bertz CT molecular complexity index is 844. The van der Waals surface area contributed by atoms with Crippen LogP contribution in [-0.4, -0.2) is 22.1 Å². The molecule has 24 heavy (non-hydrogen) atoms. The summed E-state index contributed by atoms with van der Waals surface area (Å²) < 4.78 is 10.8. The molecule has 0 spiro atoms. The van der Waals surface area contributed by atoms with Gasteiger partial charge in [0.05, 0.1) is 5.56 Å². The highest BCUT2D eigenvalue weighted by Crippen LogP contribution is 2.37. The third kappa shape index (κ3) is 3.16. The molecule has 2 aromatic rings. The maximum Gasteiger partial charge on any atom is 0.329 e. The van der Waals surface area contributed by atoms with Gasteiger partial charge in [-0.1, -0.05) is 0 Å². The van der Waals surface area contributed by atoms with Crippen molar-refractivity contribution in [2.24, 2.45) is 0 Å². The highest BCUT2D eigenvalue weighted by molar-refractivity contribution is 6.29. The minimum Gasteiger partial charge on any atom is -0.452 e. The molecule has 2 heterocycles. The van der Waals surface area contributed by atoms with Gasteiger partial charge in [-0.25, -0.2) is 0 Å². The summed E-state index contributed by atoms with van der Waals surface area (Å²) in [6.07, 6.45) is 4.92. The van der Waals surface area contributed by atoms with Gasteiger partial charge in [-0.3, -0.25) is 14.6 Å². The number of halogens is 1. The summed E-state index contributed by atoms with van der Waals surface area (Å²) >= 11 is 5.70. The van der Waals surface area contributed by atoms with E-state index < -0.39 is 11.3 Å². The molecule has 5 nitrogen and oxygen atoms in total. The SMILES string of the molecule is Cc1cc(OC(=O)C(C)Cl)cc2c1C(=O)/C(=C/c1ccncc1)O2. The number of carbonyl (C=O) groups excluding carboxylic acids is 2. The Morgan fingerprint density at radius 2 is 2.04 bits per heavy atom. The first-order chi connectivity index (χ1) is 11.5. The number of fused-ring (bicyclic) bond motifs is 1. The average Bonchev–Trinajstić information content (AvgIpc) is 2.84. The van der Waals surface area contributed by atoms with Crippen LogP contribution in [0.2, 0.25) is 0 Å². The Balaban J connectivity index is 1.92.